The number of nitrogens with one attached hydrogen (secondary N) is 2. The van der Waals surface area contributed by atoms with Crippen LogP contribution in [0.2, 0.25) is 5.02 Å². The Morgan fingerprint density at radius 2 is 1.97 bits per heavy atom. The van der Waals surface area contributed by atoms with Gasteiger partial charge < -0.3 is 15.4 Å². The largest absolute Gasteiger partial charge is 0.462 e. The van der Waals surface area contributed by atoms with E-state index in [0.717, 1.165) is 10.9 Å². The van der Waals surface area contributed by atoms with E-state index in [4.69, 9.17) is 16.3 Å². The van der Waals surface area contributed by atoms with E-state index in [1.54, 1.807) is 51.1 Å². The molecule has 2 aromatic carbocycles. The van der Waals surface area contributed by atoms with E-state index in [-0.39, 0.29) is 24.3 Å². The van der Waals surface area contributed by atoms with Gasteiger partial charge in [-0.3, -0.25) is 14.6 Å². The number of nitrogens with zero attached hydrogens (tertiary/aromatic N) is 2. The topological polar surface area (TPSA) is 110 Å². The first-order chi connectivity index (χ1) is 17.2. The van der Waals surface area contributed by atoms with E-state index in [0.29, 0.717) is 37.6 Å². The molecule has 0 fully saturated rings. The third kappa shape index (κ3) is 5.92. The average molecular weight is 523 g/mol. The Morgan fingerprint density at radius 3 is 2.72 bits per heavy atom. The van der Waals surface area contributed by atoms with Crippen LogP contribution >= 0.6 is 23.4 Å². The molecule has 3 aromatic rings. The zero-order valence-corrected chi connectivity index (χ0v) is 21.4. The Labute approximate surface area is 217 Å². The fraction of sp³-hybridized carbons (Fsp3) is 0.192. The predicted molar refractivity (Wildman–Crippen MR) is 144 cm³/mol. The molecule has 0 atom stereocenters. The summed E-state index contributed by atoms with van der Waals surface area (Å²) in [6, 6.07) is 12.3. The number of halogens is 1. The number of thioether (sulfide) groups is 1. The molecule has 2 amide bonds. The van der Waals surface area contributed by atoms with Gasteiger partial charge in [0, 0.05) is 23.2 Å². The lowest BCUT2D eigenvalue weighted by atomic mass is 10.1. The molecule has 0 bridgehead atoms. The number of anilines is 2. The lowest BCUT2D eigenvalue weighted by molar-refractivity contribution is -0.119. The molecule has 0 saturated carbocycles. The highest BCUT2D eigenvalue weighted by Crippen LogP contribution is 2.33. The lowest BCUT2D eigenvalue weighted by Crippen LogP contribution is -2.17. The van der Waals surface area contributed by atoms with Gasteiger partial charge in [-0.25, -0.2) is 4.79 Å². The van der Waals surface area contributed by atoms with E-state index < -0.39 is 5.97 Å². The van der Waals surface area contributed by atoms with Crippen LogP contribution < -0.4 is 10.6 Å². The molecule has 184 valence electrons. The van der Waals surface area contributed by atoms with Crippen LogP contribution in [0.15, 0.2) is 58.6 Å². The summed E-state index contributed by atoms with van der Waals surface area (Å²) < 4.78 is 5.04. The molecule has 10 heteroatoms. The van der Waals surface area contributed by atoms with E-state index in [9.17, 15) is 14.4 Å². The van der Waals surface area contributed by atoms with Crippen molar-refractivity contribution in [3.8, 4) is 0 Å². The van der Waals surface area contributed by atoms with E-state index in [1.807, 2.05) is 18.2 Å². The van der Waals surface area contributed by atoms with Gasteiger partial charge in [0.05, 0.1) is 33.3 Å². The highest BCUT2D eigenvalue weighted by atomic mass is 35.5. The molecule has 0 unspecified atom stereocenters. The molecule has 1 aliphatic heterocycles. The highest BCUT2D eigenvalue weighted by molar-refractivity contribution is 8.18. The van der Waals surface area contributed by atoms with Gasteiger partial charge in [-0.1, -0.05) is 31.5 Å². The molecular formula is C26H23ClN4O4S. The molecule has 8 nitrogen and oxygen atoms in total. The summed E-state index contributed by atoms with van der Waals surface area (Å²) in [5.41, 5.74) is 2.93. The third-order valence-corrected chi connectivity index (χ3v) is 6.36. The fourth-order valence-electron chi connectivity index (χ4n) is 3.28. The molecule has 2 heterocycles. The summed E-state index contributed by atoms with van der Waals surface area (Å²) in [5, 5.41) is 7.42. The molecule has 1 aromatic heterocycles. The second-order valence-corrected chi connectivity index (χ2v) is 9.63. The Kier molecular flexibility index (Phi) is 7.71. The van der Waals surface area contributed by atoms with Crippen LogP contribution in [0.4, 0.5) is 11.4 Å². The monoisotopic (exact) mass is 522 g/mol. The zero-order chi connectivity index (χ0) is 25.8. The summed E-state index contributed by atoms with van der Waals surface area (Å²) in [5.74, 6) is -1.11. The minimum Gasteiger partial charge on any atom is -0.462 e. The van der Waals surface area contributed by atoms with Crippen molar-refractivity contribution < 1.29 is 19.1 Å². The minimum absolute atomic E-state index is 0.115. The van der Waals surface area contributed by atoms with Crippen molar-refractivity contribution >= 4 is 74.7 Å². The Bertz CT molecular complexity index is 1430. The van der Waals surface area contributed by atoms with Gasteiger partial charge in [-0.05, 0) is 66.7 Å². The summed E-state index contributed by atoms with van der Waals surface area (Å²) in [7, 11) is 0. The number of benzene rings is 2. The van der Waals surface area contributed by atoms with Crippen molar-refractivity contribution in [3.05, 3.63) is 69.7 Å². The second-order valence-electron chi connectivity index (χ2n) is 8.19. The number of aromatic nitrogens is 1. The maximum atomic E-state index is 12.6. The number of carbonyl (C=O) groups is 3. The average Bonchev–Trinajstić information content (AvgIpc) is 3.19. The van der Waals surface area contributed by atoms with Gasteiger partial charge in [0.1, 0.15) is 0 Å². The molecule has 0 spiro atoms. The Morgan fingerprint density at radius 1 is 1.17 bits per heavy atom. The van der Waals surface area contributed by atoms with Crippen LogP contribution in [-0.2, 0) is 14.3 Å². The summed E-state index contributed by atoms with van der Waals surface area (Å²) in [4.78, 5) is 45.4. The normalized spacial score (nSPS) is 14.3. The van der Waals surface area contributed by atoms with E-state index in [2.05, 4.69) is 20.6 Å². The number of pyridine rings is 1. The molecule has 1 aliphatic rings. The Balaban J connectivity index is 1.51. The Hall–Kier alpha value is -3.69. The van der Waals surface area contributed by atoms with Crippen LogP contribution in [0.5, 0.6) is 0 Å². The molecule has 4 rings (SSSR count). The number of carbonyl (C=O) groups excluding carboxylic acids is 3. The van der Waals surface area contributed by atoms with Crippen LogP contribution in [0, 0.1) is 5.92 Å². The van der Waals surface area contributed by atoms with Gasteiger partial charge in [0.2, 0.25) is 5.91 Å². The summed E-state index contributed by atoms with van der Waals surface area (Å²) >= 11 is 7.49. The maximum Gasteiger partial charge on any atom is 0.339 e. The number of rotatable bonds is 6. The van der Waals surface area contributed by atoms with Crippen molar-refractivity contribution in [2.24, 2.45) is 10.9 Å². The molecule has 0 saturated heterocycles. The molecule has 0 aliphatic carbocycles. The standard InChI is InChI=1S/C26H23ClN4O4S/c1-4-35-25(34)17-11-16-9-15(5-8-20(16)28-13-17)10-22-24(33)31-26(36-22)30-21-12-18(6-7-19(21)27)29-23(32)14(2)3/h5-14H,4H2,1-3H3,(H,29,32)(H,30,31,33)/b22-10-. The van der Waals surface area contributed by atoms with E-state index >= 15 is 0 Å². The van der Waals surface area contributed by atoms with Gasteiger partial charge in [-0.15, -0.1) is 0 Å². The minimum atomic E-state index is -0.437. The first-order valence-corrected chi connectivity index (χ1v) is 12.4. The number of ether oxygens (including phenoxy) is 1. The summed E-state index contributed by atoms with van der Waals surface area (Å²) in [6.45, 7) is 5.63. The quantitative estimate of drug-likeness (QED) is 0.313. The van der Waals surface area contributed by atoms with Crippen molar-refractivity contribution in [1.29, 1.82) is 0 Å². The van der Waals surface area contributed by atoms with Crippen LogP contribution in [0.1, 0.15) is 36.7 Å². The first-order valence-electron chi connectivity index (χ1n) is 11.2. The van der Waals surface area contributed by atoms with Crippen molar-refractivity contribution in [1.82, 2.24) is 4.98 Å². The molecule has 2 N–H and O–H groups in total. The van der Waals surface area contributed by atoms with Gasteiger partial charge in [0.15, 0.2) is 5.17 Å². The summed E-state index contributed by atoms with van der Waals surface area (Å²) in [6.07, 6.45) is 3.21. The SMILES string of the molecule is CCOC(=O)c1cnc2ccc(/C=C3\SC(Nc4cc(NC(=O)C(C)C)ccc4Cl)=NC3=O)cc2c1. The first kappa shape index (κ1) is 25.4. The fourth-order valence-corrected chi connectivity index (χ4v) is 4.27. The zero-order valence-electron chi connectivity index (χ0n) is 19.8. The van der Waals surface area contributed by atoms with E-state index in [1.165, 1.54) is 18.0 Å². The smallest absolute Gasteiger partial charge is 0.339 e. The van der Waals surface area contributed by atoms with Gasteiger partial charge in [-0.2, -0.15) is 4.99 Å². The number of amides is 2. The molecular weight excluding hydrogens is 500 g/mol. The molecule has 36 heavy (non-hydrogen) atoms. The van der Waals surface area contributed by atoms with Crippen LogP contribution in [0.25, 0.3) is 17.0 Å². The van der Waals surface area contributed by atoms with Crippen molar-refractivity contribution in [2.75, 3.05) is 17.2 Å². The van der Waals surface area contributed by atoms with Gasteiger partial charge >= 0.3 is 5.97 Å². The number of hydrogen-bond acceptors (Lipinski definition) is 7. The number of amidine groups is 1. The number of hydrogen-bond donors (Lipinski definition) is 2. The number of aliphatic imine (C=N–C) groups is 1. The van der Waals surface area contributed by atoms with Crippen molar-refractivity contribution in [3.63, 3.8) is 0 Å². The van der Waals surface area contributed by atoms with Crippen LogP contribution in [-0.4, -0.2) is 34.5 Å². The lowest BCUT2D eigenvalue weighted by Gasteiger charge is -2.12. The third-order valence-electron chi connectivity index (χ3n) is 5.13. The van der Waals surface area contributed by atoms with Crippen LogP contribution in [0.3, 0.4) is 0 Å². The number of esters is 1. The predicted octanol–water partition coefficient (Wildman–Crippen LogP) is 5.74. The maximum absolute atomic E-state index is 12.6. The highest BCUT2D eigenvalue weighted by Gasteiger charge is 2.23. The second kappa shape index (κ2) is 10.9. The number of fused-ring (bicyclic) bond motifs is 1. The molecule has 0 radical (unpaired) electrons. The van der Waals surface area contributed by atoms with Gasteiger partial charge in [0.25, 0.3) is 5.91 Å². The van der Waals surface area contributed by atoms with Crippen molar-refractivity contribution in [2.45, 2.75) is 20.8 Å².